The van der Waals surface area contributed by atoms with E-state index in [2.05, 4.69) is 9.72 Å². The van der Waals surface area contributed by atoms with Gasteiger partial charge in [-0.1, -0.05) is 18.0 Å². The molecule has 26 heavy (non-hydrogen) atoms. The van der Waals surface area contributed by atoms with E-state index in [1.165, 1.54) is 25.0 Å². The zero-order chi connectivity index (χ0) is 18.3. The molecule has 0 spiro atoms. The molecule has 1 amide bonds. The highest BCUT2D eigenvalue weighted by molar-refractivity contribution is 6.34. The molecule has 2 aliphatic carbocycles. The van der Waals surface area contributed by atoms with E-state index in [9.17, 15) is 9.18 Å². The van der Waals surface area contributed by atoms with E-state index in [0.717, 1.165) is 18.4 Å². The monoisotopic (exact) mass is 376 g/mol. The minimum Gasteiger partial charge on any atom is -0.352 e. The summed E-state index contributed by atoms with van der Waals surface area (Å²) in [6, 6.07) is 5.77. The SMILES string of the molecule is CC1(F)CCC(CNC(=O)c2cc(C3CCC3)n3cccc(Cl)c23)CC1. The molecule has 0 atom stereocenters. The molecule has 2 aliphatic rings. The quantitative estimate of drug-likeness (QED) is 0.750. The van der Waals surface area contributed by atoms with Gasteiger partial charge < -0.3 is 9.72 Å². The largest absolute Gasteiger partial charge is 0.352 e. The topological polar surface area (TPSA) is 33.5 Å². The number of alkyl halides is 1. The first kappa shape index (κ1) is 17.8. The van der Waals surface area contributed by atoms with E-state index < -0.39 is 5.67 Å². The second-order valence-electron chi connectivity index (χ2n) is 8.25. The summed E-state index contributed by atoms with van der Waals surface area (Å²) in [5.74, 6) is 0.802. The Balaban J connectivity index is 1.52. The number of aromatic nitrogens is 1. The predicted octanol–water partition coefficient (Wildman–Crippen LogP) is 5.51. The number of nitrogens with zero attached hydrogens (tertiary/aromatic N) is 1. The van der Waals surface area contributed by atoms with Gasteiger partial charge in [-0.05, 0) is 75.5 Å². The summed E-state index contributed by atoms with van der Waals surface area (Å²) in [6.07, 6.45) is 8.41. The van der Waals surface area contributed by atoms with Crippen LogP contribution in [-0.2, 0) is 0 Å². The molecule has 140 valence electrons. The molecule has 0 bridgehead atoms. The molecular weight excluding hydrogens is 351 g/mol. The molecule has 0 unspecified atom stereocenters. The number of carbonyl (C=O) groups is 1. The number of fused-ring (bicyclic) bond motifs is 1. The van der Waals surface area contributed by atoms with Crippen molar-refractivity contribution >= 4 is 23.0 Å². The van der Waals surface area contributed by atoms with Crippen LogP contribution in [0.4, 0.5) is 4.39 Å². The van der Waals surface area contributed by atoms with Crippen molar-refractivity contribution in [1.29, 1.82) is 0 Å². The van der Waals surface area contributed by atoms with Crippen LogP contribution in [0.25, 0.3) is 5.52 Å². The molecule has 5 heteroatoms. The zero-order valence-electron chi connectivity index (χ0n) is 15.2. The third-order valence-corrected chi connectivity index (χ3v) is 6.54. The van der Waals surface area contributed by atoms with Crippen LogP contribution >= 0.6 is 11.6 Å². The fourth-order valence-corrected chi connectivity index (χ4v) is 4.51. The fraction of sp³-hybridized carbons (Fsp3) is 0.571. The third kappa shape index (κ3) is 3.36. The highest BCUT2D eigenvalue weighted by Gasteiger charge is 2.31. The molecule has 0 radical (unpaired) electrons. The van der Waals surface area contributed by atoms with Gasteiger partial charge in [-0.15, -0.1) is 0 Å². The molecule has 2 aromatic rings. The van der Waals surface area contributed by atoms with Crippen molar-refractivity contribution in [3.63, 3.8) is 0 Å². The summed E-state index contributed by atoms with van der Waals surface area (Å²) in [4.78, 5) is 12.9. The lowest BCUT2D eigenvalue weighted by Gasteiger charge is -2.31. The summed E-state index contributed by atoms with van der Waals surface area (Å²) >= 11 is 6.42. The smallest absolute Gasteiger partial charge is 0.253 e. The van der Waals surface area contributed by atoms with E-state index in [1.807, 2.05) is 24.4 Å². The summed E-state index contributed by atoms with van der Waals surface area (Å²) in [5, 5.41) is 3.68. The first-order valence-electron chi connectivity index (χ1n) is 9.71. The molecule has 3 nitrogen and oxygen atoms in total. The average molecular weight is 377 g/mol. The molecule has 2 heterocycles. The van der Waals surface area contributed by atoms with Crippen LogP contribution in [0.3, 0.4) is 0 Å². The van der Waals surface area contributed by atoms with E-state index >= 15 is 0 Å². The van der Waals surface area contributed by atoms with Crippen LogP contribution in [0, 0.1) is 5.92 Å². The van der Waals surface area contributed by atoms with Crippen molar-refractivity contribution in [3.05, 3.63) is 40.7 Å². The Hall–Kier alpha value is -1.55. The lowest BCUT2D eigenvalue weighted by Crippen LogP contribution is -2.34. The Bertz CT molecular complexity index is 815. The Labute approximate surface area is 158 Å². The third-order valence-electron chi connectivity index (χ3n) is 6.24. The highest BCUT2D eigenvalue weighted by Crippen LogP contribution is 2.39. The Morgan fingerprint density at radius 2 is 2.08 bits per heavy atom. The maximum Gasteiger partial charge on any atom is 0.253 e. The number of amides is 1. The van der Waals surface area contributed by atoms with Gasteiger partial charge in [0.1, 0.15) is 5.67 Å². The van der Waals surface area contributed by atoms with Crippen LogP contribution < -0.4 is 5.32 Å². The van der Waals surface area contributed by atoms with Crippen molar-refractivity contribution in [2.45, 2.75) is 63.5 Å². The van der Waals surface area contributed by atoms with E-state index in [1.54, 1.807) is 6.92 Å². The van der Waals surface area contributed by atoms with E-state index in [0.29, 0.717) is 41.8 Å². The lowest BCUT2D eigenvalue weighted by molar-refractivity contribution is 0.0895. The molecule has 2 fully saturated rings. The first-order valence-corrected chi connectivity index (χ1v) is 10.1. The molecule has 4 rings (SSSR count). The van der Waals surface area contributed by atoms with Gasteiger partial charge in [0, 0.05) is 18.4 Å². The van der Waals surface area contributed by atoms with Gasteiger partial charge in [0.25, 0.3) is 5.91 Å². The molecule has 2 saturated carbocycles. The summed E-state index contributed by atoms with van der Waals surface area (Å²) in [5.41, 5.74) is 1.60. The van der Waals surface area contributed by atoms with Crippen molar-refractivity contribution in [2.24, 2.45) is 5.92 Å². The van der Waals surface area contributed by atoms with Crippen LogP contribution in [-0.4, -0.2) is 22.5 Å². The Kier molecular flexibility index (Phi) is 4.72. The van der Waals surface area contributed by atoms with Gasteiger partial charge in [-0.2, -0.15) is 0 Å². The second-order valence-corrected chi connectivity index (χ2v) is 8.66. The van der Waals surface area contributed by atoms with Crippen LogP contribution in [0.1, 0.15) is 73.8 Å². The number of carbonyl (C=O) groups excluding carboxylic acids is 1. The minimum atomic E-state index is -1.04. The number of hydrogen-bond donors (Lipinski definition) is 1. The fourth-order valence-electron chi connectivity index (χ4n) is 4.25. The molecule has 1 N–H and O–H groups in total. The zero-order valence-corrected chi connectivity index (χ0v) is 16.0. The second kappa shape index (κ2) is 6.88. The van der Waals surface area contributed by atoms with Crippen molar-refractivity contribution in [1.82, 2.24) is 9.72 Å². The van der Waals surface area contributed by atoms with Crippen molar-refractivity contribution in [3.8, 4) is 0 Å². The number of hydrogen-bond acceptors (Lipinski definition) is 1. The van der Waals surface area contributed by atoms with Gasteiger partial charge in [-0.25, -0.2) is 4.39 Å². The maximum absolute atomic E-state index is 13.9. The van der Waals surface area contributed by atoms with E-state index in [-0.39, 0.29) is 5.91 Å². The van der Waals surface area contributed by atoms with Crippen LogP contribution in [0.2, 0.25) is 5.02 Å². The number of halogens is 2. The number of rotatable bonds is 4. The van der Waals surface area contributed by atoms with Crippen molar-refractivity contribution in [2.75, 3.05) is 6.54 Å². The van der Waals surface area contributed by atoms with Gasteiger partial charge in [0.05, 0.1) is 16.1 Å². The van der Waals surface area contributed by atoms with Gasteiger partial charge in [0.2, 0.25) is 0 Å². The van der Waals surface area contributed by atoms with Crippen LogP contribution in [0.15, 0.2) is 24.4 Å². The molecule has 0 aromatic carbocycles. The Morgan fingerprint density at radius 1 is 1.35 bits per heavy atom. The standard InChI is InChI=1S/C21H26ClFN2O/c1-21(23)9-7-14(8-10-21)13-24-20(26)16-12-18(15-4-2-5-15)25-11-3-6-17(22)19(16)25/h3,6,11-12,14-15H,2,4-5,7-10,13H2,1H3,(H,24,26). The summed E-state index contributed by atoms with van der Waals surface area (Å²) in [7, 11) is 0. The van der Waals surface area contributed by atoms with Gasteiger partial charge >= 0.3 is 0 Å². The lowest BCUT2D eigenvalue weighted by atomic mass is 9.81. The van der Waals surface area contributed by atoms with E-state index in [4.69, 9.17) is 11.6 Å². The Morgan fingerprint density at radius 3 is 2.73 bits per heavy atom. The van der Waals surface area contributed by atoms with Crippen LogP contribution in [0.5, 0.6) is 0 Å². The normalized spacial score (nSPS) is 26.7. The average Bonchev–Trinajstić information content (AvgIpc) is 2.93. The maximum atomic E-state index is 13.9. The predicted molar refractivity (Wildman–Crippen MR) is 103 cm³/mol. The minimum absolute atomic E-state index is 0.0743. The molecule has 2 aromatic heterocycles. The number of nitrogens with one attached hydrogen (secondary N) is 1. The van der Waals surface area contributed by atoms with Gasteiger partial charge in [0.15, 0.2) is 0 Å². The number of pyridine rings is 1. The summed E-state index contributed by atoms with van der Waals surface area (Å²) in [6.45, 7) is 2.29. The van der Waals surface area contributed by atoms with Gasteiger partial charge in [-0.3, -0.25) is 4.79 Å². The molecule has 0 aliphatic heterocycles. The first-order chi connectivity index (χ1) is 12.4. The highest BCUT2D eigenvalue weighted by atomic mass is 35.5. The molecule has 0 saturated heterocycles. The van der Waals surface area contributed by atoms with Crippen molar-refractivity contribution < 1.29 is 9.18 Å². The summed E-state index contributed by atoms with van der Waals surface area (Å²) < 4.78 is 16.0. The molecular formula is C21H26ClFN2O.